The minimum absolute atomic E-state index is 0.241. The summed E-state index contributed by atoms with van der Waals surface area (Å²) in [4.78, 5) is 22.4. The van der Waals surface area contributed by atoms with Crippen LogP contribution in [0, 0.1) is 0 Å². The Bertz CT molecular complexity index is 430. The lowest BCUT2D eigenvalue weighted by molar-refractivity contribution is -0.142. The van der Waals surface area contributed by atoms with Crippen LogP contribution in [0.5, 0.6) is 5.75 Å². The predicted octanol–water partition coefficient (Wildman–Crippen LogP) is 1.79. The number of methoxy groups -OCH3 is 2. The zero-order valence-electron chi connectivity index (χ0n) is 9.36. The van der Waals surface area contributed by atoms with Gasteiger partial charge < -0.3 is 14.2 Å². The fraction of sp³-hybridized carbons (Fsp3) is 0.273. The van der Waals surface area contributed by atoms with Gasteiger partial charge in [-0.2, -0.15) is 0 Å². The third-order valence-electron chi connectivity index (χ3n) is 1.93. The van der Waals surface area contributed by atoms with E-state index in [1.807, 2.05) is 0 Å². The van der Waals surface area contributed by atoms with Crippen molar-refractivity contribution in [3.05, 3.63) is 28.2 Å². The van der Waals surface area contributed by atoms with Gasteiger partial charge in [0.05, 0.1) is 18.7 Å². The predicted molar refractivity (Wildman–Crippen MR) is 63.0 cm³/mol. The number of ether oxygens (including phenoxy) is 3. The van der Waals surface area contributed by atoms with Gasteiger partial charge in [-0.05, 0) is 28.1 Å². The van der Waals surface area contributed by atoms with E-state index in [0.29, 0.717) is 4.47 Å². The molecule has 0 aromatic heterocycles. The van der Waals surface area contributed by atoms with Crippen molar-refractivity contribution in [3.63, 3.8) is 0 Å². The molecule has 0 saturated carbocycles. The van der Waals surface area contributed by atoms with Gasteiger partial charge in [-0.15, -0.1) is 0 Å². The van der Waals surface area contributed by atoms with Gasteiger partial charge in [0.1, 0.15) is 11.3 Å². The van der Waals surface area contributed by atoms with Crippen LogP contribution in [-0.4, -0.2) is 32.8 Å². The topological polar surface area (TPSA) is 61.8 Å². The second-order valence-electron chi connectivity index (χ2n) is 2.97. The number of hydrogen-bond donors (Lipinski definition) is 0. The third-order valence-corrected chi connectivity index (χ3v) is 2.56. The number of rotatable bonds is 4. The number of carbonyl (C=O) groups excluding carboxylic acids is 2. The first kappa shape index (κ1) is 13.5. The highest BCUT2D eigenvalue weighted by Crippen LogP contribution is 2.29. The van der Waals surface area contributed by atoms with Crippen LogP contribution in [0.3, 0.4) is 0 Å². The van der Waals surface area contributed by atoms with Crippen LogP contribution in [0.1, 0.15) is 10.4 Å². The van der Waals surface area contributed by atoms with Gasteiger partial charge in [0.15, 0.2) is 6.61 Å². The van der Waals surface area contributed by atoms with Crippen molar-refractivity contribution in [1.29, 1.82) is 0 Å². The Morgan fingerprint density at radius 1 is 1.24 bits per heavy atom. The van der Waals surface area contributed by atoms with Crippen LogP contribution in [0.15, 0.2) is 22.7 Å². The Morgan fingerprint density at radius 2 is 1.94 bits per heavy atom. The minimum atomic E-state index is -0.536. The molecule has 1 rings (SSSR count). The third kappa shape index (κ3) is 3.45. The molecule has 0 amide bonds. The summed E-state index contributed by atoms with van der Waals surface area (Å²) in [6, 6.07) is 4.91. The molecule has 0 aliphatic carbocycles. The molecule has 0 aliphatic heterocycles. The molecule has 1 aromatic carbocycles. The van der Waals surface area contributed by atoms with Crippen LogP contribution >= 0.6 is 15.9 Å². The van der Waals surface area contributed by atoms with Gasteiger partial charge in [-0.1, -0.05) is 6.07 Å². The highest BCUT2D eigenvalue weighted by Gasteiger charge is 2.16. The van der Waals surface area contributed by atoms with Gasteiger partial charge >= 0.3 is 11.9 Å². The van der Waals surface area contributed by atoms with E-state index in [0.717, 1.165) is 0 Å². The molecule has 0 radical (unpaired) electrons. The van der Waals surface area contributed by atoms with Crippen molar-refractivity contribution in [2.24, 2.45) is 0 Å². The van der Waals surface area contributed by atoms with E-state index < -0.39 is 11.9 Å². The van der Waals surface area contributed by atoms with Gasteiger partial charge in [-0.3, -0.25) is 0 Å². The molecule has 0 fully saturated rings. The lowest BCUT2D eigenvalue weighted by Gasteiger charge is -2.10. The van der Waals surface area contributed by atoms with E-state index in [9.17, 15) is 9.59 Å². The van der Waals surface area contributed by atoms with Crippen molar-refractivity contribution in [2.45, 2.75) is 0 Å². The largest absolute Gasteiger partial charge is 0.480 e. The van der Waals surface area contributed by atoms with Gasteiger partial charge in [-0.25, -0.2) is 9.59 Å². The maximum absolute atomic E-state index is 11.5. The molecule has 0 spiro atoms. The first-order chi connectivity index (χ1) is 8.10. The quantitative estimate of drug-likeness (QED) is 0.794. The average Bonchev–Trinajstić information content (AvgIpc) is 2.35. The fourth-order valence-electron chi connectivity index (χ4n) is 1.12. The molecule has 5 nitrogen and oxygen atoms in total. The van der Waals surface area contributed by atoms with Crippen molar-refractivity contribution in [1.82, 2.24) is 0 Å². The van der Waals surface area contributed by atoms with Gasteiger partial charge in [0.25, 0.3) is 0 Å². The summed E-state index contributed by atoms with van der Waals surface area (Å²) in [5.41, 5.74) is 0.241. The number of para-hydroxylation sites is 1. The standard InChI is InChI=1S/C11H11BrO5/c1-15-9(13)6-17-10-7(11(14)16-2)4-3-5-8(10)12/h3-5H,6H2,1-2H3. The summed E-state index contributed by atoms with van der Waals surface area (Å²) in [5.74, 6) is -0.813. The van der Waals surface area contributed by atoms with E-state index in [1.54, 1.807) is 18.2 Å². The summed E-state index contributed by atoms with van der Waals surface area (Å²) < 4.78 is 14.8. The van der Waals surface area contributed by atoms with E-state index in [-0.39, 0.29) is 17.9 Å². The Hall–Kier alpha value is -1.56. The number of halogens is 1. The maximum Gasteiger partial charge on any atom is 0.343 e. The molecule has 0 saturated heterocycles. The molecule has 0 atom stereocenters. The van der Waals surface area contributed by atoms with Crippen molar-refractivity contribution >= 4 is 27.9 Å². The molecule has 6 heteroatoms. The van der Waals surface area contributed by atoms with Crippen LogP contribution in [-0.2, 0) is 14.3 Å². The Balaban J connectivity index is 2.95. The molecule has 0 unspecified atom stereocenters. The highest BCUT2D eigenvalue weighted by molar-refractivity contribution is 9.10. The van der Waals surface area contributed by atoms with Crippen LogP contribution in [0.4, 0.5) is 0 Å². The maximum atomic E-state index is 11.5. The molecule has 0 bridgehead atoms. The van der Waals surface area contributed by atoms with Crippen LogP contribution < -0.4 is 4.74 Å². The summed E-state index contributed by atoms with van der Waals surface area (Å²) in [7, 11) is 2.53. The highest BCUT2D eigenvalue weighted by atomic mass is 79.9. The van der Waals surface area contributed by atoms with Crippen LogP contribution in [0.25, 0.3) is 0 Å². The molecule has 0 aliphatic rings. The monoisotopic (exact) mass is 302 g/mol. The van der Waals surface area contributed by atoms with E-state index in [1.165, 1.54) is 14.2 Å². The first-order valence-corrected chi connectivity index (χ1v) is 5.46. The summed E-state index contributed by atoms with van der Waals surface area (Å²) in [6.07, 6.45) is 0. The number of esters is 2. The second kappa shape index (κ2) is 6.24. The summed E-state index contributed by atoms with van der Waals surface area (Å²) in [5, 5.41) is 0. The van der Waals surface area contributed by atoms with Gasteiger partial charge in [0, 0.05) is 0 Å². The molecular weight excluding hydrogens is 292 g/mol. The Kier molecular flexibility index (Phi) is 4.96. The number of hydrogen-bond acceptors (Lipinski definition) is 5. The Labute approximate surface area is 107 Å². The number of benzene rings is 1. The normalized spacial score (nSPS) is 9.59. The van der Waals surface area contributed by atoms with Crippen molar-refractivity contribution < 1.29 is 23.8 Å². The van der Waals surface area contributed by atoms with E-state index >= 15 is 0 Å². The fourth-order valence-corrected chi connectivity index (χ4v) is 1.60. The first-order valence-electron chi connectivity index (χ1n) is 4.66. The zero-order chi connectivity index (χ0) is 12.8. The van der Waals surface area contributed by atoms with Crippen molar-refractivity contribution in [2.75, 3.05) is 20.8 Å². The smallest absolute Gasteiger partial charge is 0.343 e. The molecule has 92 valence electrons. The summed E-state index contributed by atoms with van der Waals surface area (Å²) in [6.45, 7) is -0.275. The molecule has 0 heterocycles. The van der Waals surface area contributed by atoms with E-state index in [4.69, 9.17) is 4.74 Å². The average molecular weight is 303 g/mol. The lowest BCUT2D eigenvalue weighted by Crippen LogP contribution is -2.15. The summed E-state index contributed by atoms with van der Waals surface area (Å²) >= 11 is 3.23. The van der Waals surface area contributed by atoms with E-state index in [2.05, 4.69) is 25.4 Å². The lowest BCUT2D eigenvalue weighted by atomic mass is 10.2. The van der Waals surface area contributed by atoms with Crippen molar-refractivity contribution in [3.8, 4) is 5.75 Å². The van der Waals surface area contributed by atoms with Gasteiger partial charge in [0.2, 0.25) is 0 Å². The molecule has 1 aromatic rings. The van der Waals surface area contributed by atoms with Crippen LogP contribution in [0.2, 0.25) is 0 Å². The number of carbonyl (C=O) groups is 2. The molecular formula is C11H11BrO5. The SMILES string of the molecule is COC(=O)COc1c(Br)cccc1C(=O)OC. The Morgan fingerprint density at radius 3 is 2.53 bits per heavy atom. The zero-order valence-corrected chi connectivity index (χ0v) is 10.9. The second-order valence-corrected chi connectivity index (χ2v) is 3.83. The molecule has 17 heavy (non-hydrogen) atoms. The minimum Gasteiger partial charge on any atom is -0.480 e. The molecule has 0 N–H and O–H groups in total.